The molecule has 7 heteroatoms. The number of ether oxygens (including phenoxy) is 1. The first-order chi connectivity index (χ1) is 14.9. The Balaban J connectivity index is 1.77. The van der Waals surface area contributed by atoms with Crippen LogP contribution in [0.25, 0.3) is 11.1 Å². The van der Waals surface area contributed by atoms with Gasteiger partial charge >= 0.3 is 7.12 Å². The van der Waals surface area contributed by atoms with Gasteiger partial charge in [-0.1, -0.05) is 31.2 Å². The molecule has 0 aromatic heterocycles. The Kier molecular flexibility index (Phi) is 7.13. The van der Waals surface area contributed by atoms with Crippen molar-refractivity contribution in [3.8, 4) is 16.9 Å². The fourth-order valence-electron chi connectivity index (χ4n) is 3.90. The smallest absolute Gasteiger partial charge is 0.494 e. The van der Waals surface area contributed by atoms with Gasteiger partial charge in [0.25, 0.3) is 0 Å². The second-order valence-electron chi connectivity index (χ2n) is 9.58. The molecule has 1 aliphatic rings. The van der Waals surface area contributed by atoms with E-state index in [1.54, 1.807) is 6.92 Å². The molecule has 2 aromatic carbocycles. The molecule has 1 saturated heterocycles. The van der Waals surface area contributed by atoms with E-state index in [9.17, 15) is 8.42 Å². The largest absolute Gasteiger partial charge is 0.494 e. The zero-order valence-electron chi connectivity index (χ0n) is 20.3. The van der Waals surface area contributed by atoms with Crippen LogP contribution in [0.4, 0.5) is 0 Å². The van der Waals surface area contributed by atoms with E-state index in [0.717, 1.165) is 33.5 Å². The molecule has 1 aliphatic heterocycles. The number of benzene rings is 2. The van der Waals surface area contributed by atoms with Gasteiger partial charge < -0.3 is 14.0 Å². The maximum Gasteiger partial charge on any atom is 0.494 e. The first kappa shape index (κ1) is 24.8. The van der Waals surface area contributed by atoms with Crippen LogP contribution in [0.1, 0.15) is 52.2 Å². The molecule has 0 N–H and O–H groups in total. The molecule has 0 unspecified atom stereocenters. The van der Waals surface area contributed by atoms with Gasteiger partial charge in [-0.3, -0.25) is 0 Å². The van der Waals surface area contributed by atoms with Crippen molar-refractivity contribution < 1.29 is 22.5 Å². The van der Waals surface area contributed by atoms with Crippen molar-refractivity contribution in [1.29, 1.82) is 0 Å². The molecule has 0 bridgehead atoms. The molecule has 2 aromatic rings. The Morgan fingerprint density at radius 2 is 1.56 bits per heavy atom. The molecule has 0 saturated carbocycles. The summed E-state index contributed by atoms with van der Waals surface area (Å²) in [6.07, 6.45) is 0.492. The van der Waals surface area contributed by atoms with Crippen LogP contribution in [0.3, 0.4) is 0 Å². The second kappa shape index (κ2) is 9.20. The van der Waals surface area contributed by atoms with Crippen LogP contribution in [0.15, 0.2) is 36.4 Å². The molecular weight excluding hydrogens is 423 g/mol. The Bertz CT molecular complexity index is 1040. The quantitative estimate of drug-likeness (QED) is 0.432. The third-order valence-electron chi connectivity index (χ3n) is 6.52. The summed E-state index contributed by atoms with van der Waals surface area (Å²) in [7, 11) is -3.36. The van der Waals surface area contributed by atoms with Gasteiger partial charge in [-0.15, -0.1) is 0 Å². The topological polar surface area (TPSA) is 61.8 Å². The highest BCUT2D eigenvalue weighted by atomic mass is 32.2. The molecule has 5 nitrogen and oxygen atoms in total. The summed E-state index contributed by atoms with van der Waals surface area (Å²) in [4.78, 5) is 0. The summed E-state index contributed by atoms with van der Waals surface area (Å²) < 4.78 is 41.6. The van der Waals surface area contributed by atoms with Crippen molar-refractivity contribution in [1.82, 2.24) is 0 Å². The van der Waals surface area contributed by atoms with Crippen molar-refractivity contribution in [3.63, 3.8) is 0 Å². The van der Waals surface area contributed by atoms with Crippen molar-refractivity contribution in [2.24, 2.45) is 0 Å². The van der Waals surface area contributed by atoms with Gasteiger partial charge in [-0.2, -0.15) is 0 Å². The van der Waals surface area contributed by atoms with E-state index in [1.165, 1.54) is 0 Å². The molecule has 32 heavy (non-hydrogen) atoms. The fraction of sp³-hybridized carbons (Fsp3) is 0.520. The zero-order valence-corrected chi connectivity index (χ0v) is 21.1. The molecule has 3 rings (SSSR count). The lowest BCUT2D eigenvalue weighted by atomic mass is 9.77. The normalized spacial score (nSPS) is 17.5. The Hall–Kier alpha value is -1.83. The van der Waals surface area contributed by atoms with E-state index < -0.39 is 17.0 Å². The number of aryl methyl sites for hydroxylation is 2. The summed E-state index contributed by atoms with van der Waals surface area (Å²) in [5.41, 5.74) is 4.71. The predicted octanol–water partition coefficient (Wildman–Crippen LogP) is 4.47. The first-order valence-electron chi connectivity index (χ1n) is 11.3. The lowest BCUT2D eigenvalue weighted by Gasteiger charge is -2.32. The number of hydrogen-bond donors (Lipinski definition) is 0. The minimum Gasteiger partial charge on any atom is -0.494 e. The number of sulfone groups is 1. The zero-order chi connectivity index (χ0) is 23.7. The average molecular weight is 458 g/mol. The van der Waals surface area contributed by atoms with Crippen LogP contribution in [0.5, 0.6) is 5.75 Å². The Morgan fingerprint density at radius 1 is 0.969 bits per heavy atom. The summed E-state index contributed by atoms with van der Waals surface area (Å²) in [6, 6.07) is 12.3. The second-order valence-corrected chi connectivity index (χ2v) is 12.1. The molecule has 0 amide bonds. The van der Waals surface area contributed by atoms with E-state index >= 15 is 0 Å². The highest BCUT2D eigenvalue weighted by Crippen LogP contribution is 2.37. The van der Waals surface area contributed by atoms with Crippen LogP contribution < -0.4 is 10.2 Å². The van der Waals surface area contributed by atoms with Crippen LogP contribution in [-0.4, -0.2) is 44.9 Å². The van der Waals surface area contributed by atoms with E-state index in [0.29, 0.717) is 13.0 Å². The monoisotopic (exact) mass is 458 g/mol. The summed E-state index contributed by atoms with van der Waals surface area (Å²) in [6.45, 7) is 14.4. The standard InChI is InChI=1S/C25H35BO5S/c1-8-32(27,28)14-10-13-29-22-15-18(2)23(19(3)16-22)20-11-9-12-21(17-20)26-30-24(4,5)25(6,7)31-26/h9,11-12,15-17H,8,10,13-14H2,1-7H3. The van der Waals surface area contributed by atoms with Gasteiger partial charge in [0.15, 0.2) is 0 Å². The molecule has 0 spiro atoms. The van der Waals surface area contributed by atoms with Crippen LogP contribution in [-0.2, 0) is 19.1 Å². The minimum atomic E-state index is -2.96. The maximum atomic E-state index is 11.6. The fourth-order valence-corrected chi connectivity index (χ4v) is 4.74. The Labute approximate surface area is 193 Å². The molecular formula is C25H35BO5S. The van der Waals surface area contributed by atoms with Gasteiger partial charge in [0, 0.05) is 5.75 Å². The third kappa shape index (κ3) is 5.38. The highest BCUT2D eigenvalue weighted by molar-refractivity contribution is 7.91. The molecule has 1 fully saturated rings. The molecule has 1 heterocycles. The summed E-state index contributed by atoms with van der Waals surface area (Å²) in [5.74, 6) is 1.09. The lowest BCUT2D eigenvalue weighted by molar-refractivity contribution is 0.00578. The van der Waals surface area contributed by atoms with Gasteiger partial charge in [-0.05, 0) is 87.8 Å². The van der Waals surface area contributed by atoms with E-state index in [2.05, 4.69) is 53.7 Å². The highest BCUT2D eigenvalue weighted by Gasteiger charge is 2.51. The van der Waals surface area contributed by atoms with Gasteiger partial charge in [0.2, 0.25) is 0 Å². The Morgan fingerprint density at radius 3 is 2.12 bits per heavy atom. The van der Waals surface area contributed by atoms with Gasteiger partial charge in [-0.25, -0.2) is 8.42 Å². The SMILES string of the molecule is CCS(=O)(=O)CCCOc1cc(C)c(-c2cccc(B3OC(C)(C)C(C)(C)O3)c2)c(C)c1. The van der Waals surface area contributed by atoms with Crippen molar-refractivity contribution in [3.05, 3.63) is 47.5 Å². The van der Waals surface area contributed by atoms with E-state index in [1.807, 2.05) is 24.3 Å². The minimum absolute atomic E-state index is 0.158. The van der Waals surface area contributed by atoms with Crippen molar-refractivity contribution >= 4 is 22.4 Å². The lowest BCUT2D eigenvalue weighted by Crippen LogP contribution is -2.41. The van der Waals surface area contributed by atoms with Crippen molar-refractivity contribution in [2.45, 2.75) is 66.1 Å². The van der Waals surface area contributed by atoms with E-state index in [-0.39, 0.29) is 22.7 Å². The van der Waals surface area contributed by atoms with E-state index in [4.69, 9.17) is 14.0 Å². The predicted molar refractivity (Wildman–Crippen MR) is 132 cm³/mol. The van der Waals surface area contributed by atoms with Gasteiger partial charge in [0.05, 0.1) is 23.6 Å². The first-order valence-corrected chi connectivity index (χ1v) is 13.1. The summed E-state index contributed by atoms with van der Waals surface area (Å²) in [5, 5.41) is 0. The molecule has 174 valence electrons. The number of rotatable bonds is 8. The molecule has 0 atom stereocenters. The van der Waals surface area contributed by atoms with Crippen LogP contribution in [0, 0.1) is 13.8 Å². The van der Waals surface area contributed by atoms with Crippen molar-refractivity contribution in [2.75, 3.05) is 18.1 Å². The van der Waals surface area contributed by atoms with Gasteiger partial charge in [0.1, 0.15) is 15.6 Å². The average Bonchev–Trinajstić information content (AvgIpc) is 2.92. The number of hydrogen-bond acceptors (Lipinski definition) is 5. The molecule has 0 aliphatic carbocycles. The molecule has 0 radical (unpaired) electrons. The summed E-state index contributed by atoms with van der Waals surface area (Å²) >= 11 is 0. The van der Waals surface area contributed by atoms with Crippen LogP contribution >= 0.6 is 0 Å². The van der Waals surface area contributed by atoms with Crippen LogP contribution in [0.2, 0.25) is 0 Å². The maximum absolute atomic E-state index is 11.6. The third-order valence-corrected chi connectivity index (χ3v) is 8.31.